The zero-order valence-corrected chi connectivity index (χ0v) is 24.3. The number of halogens is 8. The summed E-state index contributed by atoms with van der Waals surface area (Å²) < 4.78 is 78.0. The van der Waals surface area contributed by atoms with Gasteiger partial charge in [0.05, 0.1) is 0 Å². The first-order chi connectivity index (χ1) is 11.3. The maximum absolute atomic E-state index is 9.75. The summed E-state index contributed by atoms with van der Waals surface area (Å²) in [4.78, 5) is 0. The predicted molar refractivity (Wildman–Crippen MR) is 115 cm³/mol. The minimum Gasteiger partial charge on any atom is -0.418 e. The maximum Gasteiger partial charge on any atom is 0.673 e. The van der Waals surface area contributed by atoms with Crippen LogP contribution in [0.1, 0.15) is 0 Å². The second-order valence-corrected chi connectivity index (χ2v) is 16.6. The molecule has 0 saturated carbocycles. The average Bonchev–Trinajstić information content (AvgIpc) is 2.30. The monoisotopic (exact) mass is 680 g/mol. The van der Waals surface area contributed by atoms with E-state index in [4.69, 9.17) is 0 Å². The van der Waals surface area contributed by atoms with E-state index < -0.39 is 14.5 Å². The van der Waals surface area contributed by atoms with E-state index >= 15 is 0 Å². The smallest absolute Gasteiger partial charge is 0.418 e. The van der Waals surface area contributed by atoms with Gasteiger partial charge in [0.2, 0.25) is 0 Å². The van der Waals surface area contributed by atoms with E-state index in [1.165, 1.54) is 24.6 Å². The zero-order valence-electron chi connectivity index (χ0n) is 17.5. The second kappa shape index (κ2) is 25.8. The van der Waals surface area contributed by atoms with Crippen molar-refractivity contribution in [3.05, 3.63) is 0 Å². The van der Waals surface area contributed by atoms with Crippen LogP contribution in [0, 0.1) is 0 Å². The molecule has 0 aromatic carbocycles. The van der Waals surface area contributed by atoms with E-state index in [9.17, 15) is 34.5 Å². The van der Waals surface area contributed by atoms with Crippen molar-refractivity contribution >= 4 is 46.2 Å². The second-order valence-electron chi connectivity index (χ2n) is 6.20. The fourth-order valence-electron chi connectivity index (χ4n) is 0.800. The van der Waals surface area contributed by atoms with Crippen molar-refractivity contribution in [1.29, 1.82) is 0 Å². The van der Waals surface area contributed by atoms with Crippen molar-refractivity contribution in [2.24, 2.45) is 0 Å². The Morgan fingerprint density at radius 2 is 0.464 bits per heavy atom. The molecule has 182 valence electrons. The Kier molecular flexibility index (Phi) is 40.8. The molecule has 16 heteroatoms. The van der Waals surface area contributed by atoms with Crippen LogP contribution in [0.5, 0.6) is 0 Å². The van der Waals surface area contributed by atoms with Gasteiger partial charge in [0, 0.05) is 39.0 Å². The van der Waals surface area contributed by atoms with E-state index in [-0.39, 0.29) is 39.0 Å². The van der Waals surface area contributed by atoms with Gasteiger partial charge in [0.25, 0.3) is 0 Å². The van der Waals surface area contributed by atoms with Crippen LogP contribution in [-0.2, 0) is 39.0 Å². The minimum absolute atomic E-state index is 0. The molecule has 0 fully saturated rings. The molecule has 0 heterocycles. The molecule has 0 aromatic heterocycles. The fourth-order valence-corrected chi connectivity index (χ4v) is 7.20. The van der Waals surface area contributed by atoms with Crippen molar-refractivity contribution < 1.29 is 73.5 Å². The first-order valence-corrected chi connectivity index (χ1v) is 17.3. The van der Waals surface area contributed by atoms with E-state index in [0.29, 0.717) is 31.7 Å². The number of rotatable bonds is 6. The summed E-state index contributed by atoms with van der Waals surface area (Å²) in [5.74, 6) is 0. The standard InChI is InChI=1S/2C6H16P2.2BF4.2Rh/c2*1-7(2)5-6-8(3)4;2*2-1(3,4)5;;/h2*5-6H2,1-4H3;;;;/q;;2*-1;;. The average molecular weight is 680 g/mol. The molecule has 2 radical (unpaired) electrons. The quantitative estimate of drug-likeness (QED) is 0.155. The van der Waals surface area contributed by atoms with Gasteiger partial charge in [-0.15, -0.1) is 31.7 Å². The summed E-state index contributed by atoms with van der Waals surface area (Å²) in [6.07, 6.45) is 5.92. The summed E-state index contributed by atoms with van der Waals surface area (Å²) in [7, 11) is -10.5. The summed E-state index contributed by atoms with van der Waals surface area (Å²) >= 11 is 0. The van der Waals surface area contributed by atoms with Gasteiger partial charge in [-0.1, -0.05) is 0 Å². The molecule has 0 nitrogen and oxygen atoms in total. The molecular formula is C12H32B2F8P4Rh2-2. The Morgan fingerprint density at radius 3 is 0.500 bits per heavy atom. The topological polar surface area (TPSA) is 0 Å². The van der Waals surface area contributed by atoms with Crippen molar-refractivity contribution in [3.63, 3.8) is 0 Å². The number of hydrogen-bond acceptors (Lipinski definition) is 0. The van der Waals surface area contributed by atoms with Crippen molar-refractivity contribution in [2.45, 2.75) is 0 Å². The molecule has 0 spiro atoms. The van der Waals surface area contributed by atoms with E-state index in [0.717, 1.165) is 0 Å². The Balaban J connectivity index is -0.0000000576. The Hall–Kier alpha value is 2.54. The van der Waals surface area contributed by atoms with Gasteiger partial charge < -0.3 is 34.5 Å². The predicted octanol–water partition coefficient (Wildman–Crippen LogP) is 7.53. The molecular weight excluding hydrogens is 647 g/mol. The maximum atomic E-state index is 9.75. The van der Waals surface area contributed by atoms with Crippen LogP contribution in [-0.4, -0.2) is 92.5 Å². The largest absolute Gasteiger partial charge is 0.673 e. The summed E-state index contributed by atoms with van der Waals surface area (Å²) in [6, 6.07) is 0. The van der Waals surface area contributed by atoms with Crippen LogP contribution in [0.25, 0.3) is 0 Å². The third-order valence-electron chi connectivity index (χ3n) is 1.99. The third-order valence-corrected chi connectivity index (χ3v) is 7.17. The molecule has 0 rings (SSSR count). The first-order valence-electron chi connectivity index (χ1n) is 7.59. The van der Waals surface area contributed by atoms with Gasteiger partial charge in [-0.2, -0.15) is 0 Å². The van der Waals surface area contributed by atoms with Gasteiger partial charge in [0.1, 0.15) is 0 Å². The van der Waals surface area contributed by atoms with Gasteiger partial charge >= 0.3 is 14.5 Å². The summed E-state index contributed by atoms with van der Waals surface area (Å²) in [5.41, 5.74) is 0. The van der Waals surface area contributed by atoms with E-state index in [1.807, 2.05) is 0 Å². The molecule has 0 aliphatic rings. The van der Waals surface area contributed by atoms with Crippen molar-refractivity contribution in [2.75, 3.05) is 78.0 Å². The molecule has 0 amide bonds. The molecule has 28 heavy (non-hydrogen) atoms. The Labute approximate surface area is 197 Å². The molecule has 0 unspecified atom stereocenters. The number of hydrogen-bond donors (Lipinski definition) is 0. The van der Waals surface area contributed by atoms with Crippen LogP contribution >= 0.6 is 31.7 Å². The van der Waals surface area contributed by atoms with Crippen LogP contribution in [0.3, 0.4) is 0 Å². The van der Waals surface area contributed by atoms with Crippen LogP contribution in [0.15, 0.2) is 0 Å². The van der Waals surface area contributed by atoms with Crippen LogP contribution in [0.4, 0.5) is 34.5 Å². The zero-order chi connectivity index (χ0) is 22.1. The van der Waals surface area contributed by atoms with E-state index in [2.05, 4.69) is 53.3 Å². The molecule has 0 aromatic rings. The van der Waals surface area contributed by atoms with Gasteiger partial charge in [-0.25, -0.2) is 0 Å². The minimum atomic E-state index is -6.00. The van der Waals surface area contributed by atoms with Crippen molar-refractivity contribution in [3.8, 4) is 0 Å². The van der Waals surface area contributed by atoms with Gasteiger partial charge in [0.15, 0.2) is 0 Å². The van der Waals surface area contributed by atoms with Crippen LogP contribution in [0.2, 0.25) is 0 Å². The molecule has 0 atom stereocenters. The SMILES string of the molecule is CP(C)CCP(C)C.CP(C)CCP(C)C.F[B-](F)(F)F.F[B-](F)(F)F.[Rh].[Rh]. The molecule has 0 aliphatic carbocycles. The summed E-state index contributed by atoms with van der Waals surface area (Å²) in [5, 5.41) is 0. The summed E-state index contributed by atoms with van der Waals surface area (Å²) in [6.45, 7) is 18.8. The first kappa shape index (κ1) is 44.2. The normalized spacial score (nSPS) is 10.7. The molecule has 0 N–H and O–H groups in total. The van der Waals surface area contributed by atoms with Gasteiger partial charge in [-0.3, -0.25) is 0 Å². The molecule has 0 aliphatic heterocycles. The Morgan fingerprint density at radius 1 is 0.393 bits per heavy atom. The fraction of sp³-hybridized carbons (Fsp3) is 1.00. The molecule has 0 bridgehead atoms. The molecule has 0 saturated heterocycles. The Bertz CT molecular complexity index is 242. The van der Waals surface area contributed by atoms with E-state index in [1.54, 1.807) is 0 Å². The van der Waals surface area contributed by atoms with Gasteiger partial charge in [-0.05, 0) is 78.0 Å². The van der Waals surface area contributed by atoms with Crippen LogP contribution < -0.4 is 0 Å². The third kappa shape index (κ3) is 138. The van der Waals surface area contributed by atoms with Crippen molar-refractivity contribution in [1.82, 2.24) is 0 Å².